The second-order valence-corrected chi connectivity index (χ2v) is 11.6. The molecule has 0 spiro atoms. The van der Waals surface area contributed by atoms with Gasteiger partial charge in [-0.2, -0.15) is 0 Å². The maximum absolute atomic E-state index is 11.6. The van der Waals surface area contributed by atoms with Crippen molar-refractivity contribution in [3.05, 3.63) is 51.5 Å². The fourth-order valence-electron chi connectivity index (χ4n) is 6.08. The molecule has 0 bridgehead atoms. The highest BCUT2D eigenvalue weighted by molar-refractivity contribution is 6.39. The van der Waals surface area contributed by atoms with Crippen LogP contribution in [0, 0.1) is 11.8 Å². The molecule has 3 fully saturated rings. The number of carbonyl (C=O) groups is 1. The second kappa shape index (κ2) is 10.4. The van der Waals surface area contributed by atoms with Crippen LogP contribution in [0.25, 0.3) is 11.3 Å². The van der Waals surface area contributed by atoms with Gasteiger partial charge in [0.2, 0.25) is 0 Å². The third-order valence-electron chi connectivity index (χ3n) is 8.15. The summed E-state index contributed by atoms with van der Waals surface area (Å²) in [6.45, 7) is 2.22. The molecule has 4 aliphatic rings. The minimum Gasteiger partial charge on any atom is -0.477 e. The van der Waals surface area contributed by atoms with Gasteiger partial charge in [0.05, 0.1) is 22.8 Å². The van der Waals surface area contributed by atoms with E-state index in [-0.39, 0.29) is 11.8 Å². The summed E-state index contributed by atoms with van der Waals surface area (Å²) >= 11 is 13.0. The van der Waals surface area contributed by atoms with Crippen LogP contribution in [0.15, 0.2) is 39.6 Å². The van der Waals surface area contributed by atoms with Gasteiger partial charge in [0.15, 0.2) is 0 Å². The van der Waals surface area contributed by atoms with Crippen LogP contribution in [0.4, 0.5) is 0 Å². The topological polar surface area (TPSA) is 88.2 Å². The van der Waals surface area contributed by atoms with Gasteiger partial charge in [-0.3, -0.25) is 0 Å². The van der Waals surface area contributed by atoms with Crippen molar-refractivity contribution in [3.8, 4) is 11.3 Å². The third kappa shape index (κ3) is 5.18. The first-order chi connectivity index (χ1) is 18.0. The summed E-state index contributed by atoms with van der Waals surface area (Å²) in [5.41, 5.74) is 2.63. The zero-order valence-electron chi connectivity index (χ0n) is 20.7. The highest BCUT2D eigenvalue weighted by Gasteiger charge is 2.42. The molecule has 6 rings (SSSR count). The molecule has 0 radical (unpaired) electrons. The largest absolute Gasteiger partial charge is 0.477 e. The summed E-state index contributed by atoms with van der Waals surface area (Å²) in [5, 5.41) is 15.0. The number of rotatable bonds is 7. The molecule has 2 saturated carbocycles. The Morgan fingerprint density at radius 1 is 1.14 bits per heavy atom. The van der Waals surface area contributed by atoms with Gasteiger partial charge in [-0.05, 0) is 81.4 Å². The molecule has 3 heterocycles. The van der Waals surface area contributed by atoms with Crippen LogP contribution in [0.3, 0.4) is 0 Å². The van der Waals surface area contributed by atoms with Gasteiger partial charge < -0.3 is 19.3 Å². The lowest BCUT2D eigenvalue weighted by atomic mass is 10.0. The smallest absolute Gasteiger partial charge is 0.350 e. The van der Waals surface area contributed by atoms with E-state index >= 15 is 0 Å². The first-order valence-corrected chi connectivity index (χ1v) is 14.0. The van der Waals surface area contributed by atoms with Gasteiger partial charge in [0.25, 0.3) is 0 Å². The molecule has 0 unspecified atom stereocenters. The van der Waals surface area contributed by atoms with Gasteiger partial charge in [-0.1, -0.05) is 34.4 Å². The maximum atomic E-state index is 11.6. The van der Waals surface area contributed by atoms with E-state index in [4.69, 9.17) is 32.5 Å². The minimum absolute atomic E-state index is 0.165. The van der Waals surface area contributed by atoms with Crippen molar-refractivity contribution in [1.82, 2.24) is 10.1 Å². The second-order valence-electron chi connectivity index (χ2n) is 10.7. The average Bonchev–Trinajstić information content (AvgIpc) is 3.31. The van der Waals surface area contributed by atoms with Crippen LogP contribution >= 0.6 is 23.2 Å². The van der Waals surface area contributed by atoms with E-state index < -0.39 is 5.97 Å². The van der Waals surface area contributed by atoms with Crippen LogP contribution in [0.1, 0.15) is 68.6 Å². The predicted octanol–water partition coefficient (Wildman–Crippen LogP) is 6.69. The highest BCUT2D eigenvalue weighted by Crippen LogP contribution is 2.47. The van der Waals surface area contributed by atoms with Crippen molar-refractivity contribution in [3.63, 3.8) is 0 Å². The zero-order chi connectivity index (χ0) is 25.5. The summed E-state index contributed by atoms with van der Waals surface area (Å²) < 4.78 is 12.3. The van der Waals surface area contributed by atoms with Crippen molar-refractivity contribution in [2.45, 2.75) is 70.0 Å². The lowest BCUT2D eigenvalue weighted by Crippen LogP contribution is -2.25. The molecular formula is C28H31Cl2N3O4. The number of nitrogens with zero attached hydrogens (tertiary/aromatic N) is 3. The van der Waals surface area contributed by atoms with Crippen molar-refractivity contribution in [2.24, 2.45) is 16.8 Å². The number of halogens is 2. The fourth-order valence-corrected chi connectivity index (χ4v) is 6.66. The van der Waals surface area contributed by atoms with Gasteiger partial charge in [0, 0.05) is 30.1 Å². The molecule has 1 saturated heterocycles. The van der Waals surface area contributed by atoms with Crippen molar-refractivity contribution >= 4 is 34.9 Å². The molecule has 196 valence electrons. The Kier molecular flexibility index (Phi) is 7.03. The molecule has 2 aliphatic heterocycles. The number of fused-ring (bicyclic) bond motifs is 1. The lowest BCUT2D eigenvalue weighted by molar-refractivity contribution is -0.129. The van der Waals surface area contributed by atoms with E-state index in [9.17, 15) is 9.90 Å². The molecular weight excluding hydrogens is 513 g/mol. The fraction of sp³-hybridized carbons (Fsp3) is 0.536. The maximum Gasteiger partial charge on any atom is 0.350 e. The Bertz CT molecular complexity index is 1220. The zero-order valence-corrected chi connectivity index (χ0v) is 22.2. The SMILES string of the molecule is O=C(O)/C1=N/C(N2C[C@H]3C[C@H](OCc4c(-c5c(Cl)cccc5Cl)noc4C4CC4)C[C@H]3C2)=C\CCCC1. The van der Waals surface area contributed by atoms with E-state index in [1.807, 2.05) is 18.2 Å². The van der Waals surface area contributed by atoms with Crippen molar-refractivity contribution in [1.29, 1.82) is 0 Å². The number of carboxylic acids is 1. The molecule has 2 aliphatic carbocycles. The minimum atomic E-state index is -0.905. The lowest BCUT2D eigenvalue weighted by Gasteiger charge is -2.23. The van der Waals surface area contributed by atoms with Gasteiger partial charge in [-0.25, -0.2) is 9.79 Å². The number of aromatic nitrogens is 1. The summed E-state index contributed by atoms with van der Waals surface area (Å²) in [5.74, 6) is 2.26. The number of likely N-dealkylation sites (tertiary alicyclic amines) is 1. The Hall–Kier alpha value is -2.35. The Morgan fingerprint density at radius 2 is 1.86 bits per heavy atom. The van der Waals surface area contributed by atoms with Gasteiger partial charge in [0.1, 0.15) is 23.0 Å². The summed E-state index contributed by atoms with van der Waals surface area (Å²) in [4.78, 5) is 18.4. The quantitative estimate of drug-likeness (QED) is 0.418. The highest BCUT2D eigenvalue weighted by atomic mass is 35.5. The molecule has 9 heteroatoms. The van der Waals surface area contributed by atoms with Gasteiger partial charge in [-0.15, -0.1) is 0 Å². The van der Waals surface area contributed by atoms with Gasteiger partial charge >= 0.3 is 5.97 Å². The third-order valence-corrected chi connectivity index (χ3v) is 8.78. The number of aliphatic carboxylic acids is 1. The molecule has 1 aromatic carbocycles. The Balaban J connectivity index is 1.13. The van der Waals surface area contributed by atoms with E-state index in [0.29, 0.717) is 52.1 Å². The molecule has 37 heavy (non-hydrogen) atoms. The van der Waals surface area contributed by atoms with Crippen molar-refractivity contribution < 1.29 is 19.2 Å². The van der Waals surface area contributed by atoms with Crippen LogP contribution in [0.2, 0.25) is 10.0 Å². The van der Waals surface area contributed by atoms with E-state index in [2.05, 4.69) is 21.1 Å². The van der Waals surface area contributed by atoms with E-state index in [1.54, 1.807) is 0 Å². The summed E-state index contributed by atoms with van der Waals surface area (Å²) in [6, 6.07) is 5.46. The van der Waals surface area contributed by atoms with E-state index in [1.165, 1.54) is 0 Å². The normalized spacial score (nSPS) is 28.7. The Labute approximate surface area is 226 Å². The average molecular weight is 544 g/mol. The number of aliphatic imine (C=N–C) groups is 1. The standard InChI is InChI=1S/C28H31Cl2N3O4/c29-21-5-4-6-22(30)25(21)26-20(27(37-32-26)16-9-10-16)15-36-19-11-17-13-33(14-18(17)12-19)24-8-3-1-2-7-23(31-24)28(34)35/h4-6,8,16-19H,1-3,7,9-15H2,(H,34,35)/b24-8+,31-23+/t17-,18+,19+. The molecule has 2 aromatic rings. The number of ether oxygens (including phenoxy) is 1. The van der Waals surface area contributed by atoms with Crippen LogP contribution in [-0.4, -0.2) is 46.0 Å². The summed E-state index contributed by atoms with van der Waals surface area (Å²) in [6.07, 6.45) is 9.80. The molecule has 1 N–H and O–H groups in total. The molecule has 7 nitrogen and oxygen atoms in total. The summed E-state index contributed by atoms with van der Waals surface area (Å²) in [7, 11) is 0. The number of hydrogen-bond acceptors (Lipinski definition) is 6. The number of hydrogen-bond donors (Lipinski definition) is 1. The van der Waals surface area contributed by atoms with E-state index in [0.717, 1.165) is 75.2 Å². The number of benzene rings is 1. The first-order valence-electron chi connectivity index (χ1n) is 13.3. The molecule has 0 amide bonds. The molecule has 3 atom stereocenters. The number of carboxylic acid groups (broad SMARTS) is 1. The number of allylic oxidation sites excluding steroid dienone is 1. The first kappa shape index (κ1) is 25.0. The molecule has 1 aromatic heterocycles. The Morgan fingerprint density at radius 3 is 2.54 bits per heavy atom. The van der Waals surface area contributed by atoms with Crippen LogP contribution < -0.4 is 0 Å². The predicted molar refractivity (Wildman–Crippen MR) is 142 cm³/mol. The van der Waals surface area contributed by atoms with Crippen LogP contribution in [0.5, 0.6) is 0 Å². The van der Waals surface area contributed by atoms with Crippen LogP contribution in [-0.2, 0) is 16.1 Å². The van der Waals surface area contributed by atoms with Crippen molar-refractivity contribution in [2.75, 3.05) is 13.1 Å². The monoisotopic (exact) mass is 543 g/mol.